The number of phenols is 1. The molecule has 0 amide bonds. The first-order chi connectivity index (χ1) is 18.3. The Morgan fingerprint density at radius 1 is 0.947 bits per heavy atom. The average molecular weight is 531 g/mol. The van der Waals surface area contributed by atoms with E-state index in [1.807, 2.05) is 6.07 Å². The molecule has 3 fully saturated rings. The minimum Gasteiger partial charge on any atom is -0.506 e. The summed E-state index contributed by atoms with van der Waals surface area (Å²) in [4.78, 5) is 13.9. The second-order valence-electron chi connectivity index (χ2n) is 10.9. The zero-order valence-electron chi connectivity index (χ0n) is 21.7. The van der Waals surface area contributed by atoms with Crippen LogP contribution < -0.4 is 9.47 Å². The number of carbonyl (C=O) groups is 1. The van der Waals surface area contributed by atoms with E-state index in [2.05, 4.69) is 0 Å². The highest BCUT2D eigenvalue weighted by molar-refractivity contribution is 6.09. The zero-order valence-corrected chi connectivity index (χ0v) is 21.7. The minimum atomic E-state index is -1.63. The number of methoxy groups -OCH3 is 1. The lowest BCUT2D eigenvalue weighted by molar-refractivity contribution is -0.277. The van der Waals surface area contributed by atoms with Crippen LogP contribution in [0, 0.1) is 5.92 Å². The number of hydrogen-bond acceptors (Lipinski definition) is 9. The van der Waals surface area contributed by atoms with Gasteiger partial charge in [0.05, 0.1) is 24.7 Å². The van der Waals surface area contributed by atoms with E-state index in [0.29, 0.717) is 16.7 Å². The van der Waals surface area contributed by atoms with Crippen molar-refractivity contribution in [2.75, 3.05) is 13.7 Å². The Kier molecular flexibility index (Phi) is 8.11. The van der Waals surface area contributed by atoms with Gasteiger partial charge in [0.15, 0.2) is 5.78 Å². The molecule has 1 saturated heterocycles. The summed E-state index contributed by atoms with van der Waals surface area (Å²) in [5.41, 5.74) is 1.20. The molecule has 0 spiro atoms. The van der Waals surface area contributed by atoms with Crippen LogP contribution in [0.25, 0.3) is 10.8 Å². The molecule has 208 valence electrons. The van der Waals surface area contributed by atoms with E-state index < -0.39 is 37.3 Å². The van der Waals surface area contributed by atoms with Gasteiger partial charge < -0.3 is 39.7 Å². The maximum Gasteiger partial charge on any atom is 0.229 e. The third-order valence-corrected chi connectivity index (χ3v) is 8.52. The number of aromatic hydroxyl groups is 1. The molecule has 0 bridgehead atoms. The summed E-state index contributed by atoms with van der Waals surface area (Å²) in [5, 5.41) is 53.2. The zero-order chi connectivity index (χ0) is 27.0. The largest absolute Gasteiger partial charge is 0.506 e. The number of carbonyl (C=O) groups excluding carboxylic acids is 1. The van der Waals surface area contributed by atoms with E-state index in [0.717, 1.165) is 63.4 Å². The molecular formula is C29H38O9. The third kappa shape index (κ3) is 4.98. The summed E-state index contributed by atoms with van der Waals surface area (Å²) < 4.78 is 17.0. The van der Waals surface area contributed by atoms with Crippen molar-refractivity contribution < 1.29 is 44.5 Å². The fraction of sp³-hybridized carbons (Fsp3) is 0.621. The molecule has 1 aliphatic heterocycles. The Balaban J connectivity index is 1.63. The second kappa shape index (κ2) is 11.4. The summed E-state index contributed by atoms with van der Waals surface area (Å²) in [5.74, 6) is 0.356. The Morgan fingerprint density at radius 3 is 2.29 bits per heavy atom. The van der Waals surface area contributed by atoms with Gasteiger partial charge in [-0.25, -0.2) is 0 Å². The van der Waals surface area contributed by atoms with Gasteiger partial charge in [-0.1, -0.05) is 32.1 Å². The number of hydrogen-bond donors (Lipinski definition) is 5. The number of benzene rings is 2. The van der Waals surface area contributed by atoms with Crippen LogP contribution in [0.4, 0.5) is 0 Å². The van der Waals surface area contributed by atoms with E-state index in [-0.39, 0.29) is 34.5 Å². The van der Waals surface area contributed by atoms with Crippen molar-refractivity contribution in [1.82, 2.24) is 0 Å². The van der Waals surface area contributed by atoms with Crippen LogP contribution in [-0.2, 0) is 4.74 Å². The molecule has 5 N–H and O–H groups in total. The molecular weight excluding hydrogens is 492 g/mol. The first kappa shape index (κ1) is 27.1. The van der Waals surface area contributed by atoms with Crippen molar-refractivity contribution in [1.29, 1.82) is 0 Å². The number of fused-ring (bicyclic) bond motifs is 1. The van der Waals surface area contributed by atoms with Crippen molar-refractivity contribution in [3.63, 3.8) is 0 Å². The standard InChI is InChI=1S/C29H38O9/c1-36-18-11-17-12-19(15-7-5-6-8-15)23(24(31)16-9-3-2-4-10-16)26(33)22(17)20(13-18)37-29-28(35)27(34)25(32)21(14-30)38-29/h11-13,15-16,21,25,27-30,32-35H,2-10,14H2,1H3/t21-,25-,27+,28-,29+/m1/s1. The molecule has 9 heteroatoms. The smallest absolute Gasteiger partial charge is 0.229 e. The Labute approximate surface area is 222 Å². The van der Waals surface area contributed by atoms with Crippen molar-refractivity contribution in [2.24, 2.45) is 5.92 Å². The van der Waals surface area contributed by atoms with Crippen LogP contribution in [0.1, 0.15) is 79.6 Å². The number of aliphatic hydroxyl groups is 4. The number of ketones is 1. The van der Waals surface area contributed by atoms with Crippen LogP contribution in [0.3, 0.4) is 0 Å². The van der Waals surface area contributed by atoms with Gasteiger partial charge in [-0.15, -0.1) is 0 Å². The number of Topliss-reactive ketones (excluding diaryl/α,β-unsaturated/α-hetero) is 1. The molecule has 2 saturated carbocycles. The molecule has 2 aliphatic carbocycles. The van der Waals surface area contributed by atoms with Crippen LogP contribution in [0.15, 0.2) is 18.2 Å². The van der Waals surface area contributed by atoms with Crippen molar-refractivity contribution in [3.05, 3.63) is 29.3 Å². The maximum absolute atomic E-state index is 13.9. The molecule has 5 atom stereocenters. The molecule has 2 aromatic rings. The predicted octanol–water partition coefficient (Wildman–Crippen LogP) is 3.15. The van der Waals surface area contributed by atoms with E-state index in [4.69, 9.17) is 14.2 Å². The molecule has 3 aliphatic rings. The topological polar surface area (TPSA) is 146 Å². The lowest BCUT2D eigenvalue weighted by atomic mass is 9.79. The summed E-state index contributed by atoms with van der Waals surface area (Å²) in [6.07, 6.45) is 1.38. The third-order valence-electron chi connectivity index (χ3n) is 8.52. The van der Waals surface area contributed by atoms with Gasteiger partial charge in [-0.2, -0.15) is 0 Å². The second-order valence-corrected chi connectivity index (χ2v) is 10.9. The van der Waals surface area contributed by atoms with Gasteiger partial charge in [0.25, 0.3) is 0 Å². The Hall–Kier alpha value is -2.43. The summed E-state index contributed by atoms with van der Waals surface area (Å²) in [6.45, 7) is -0.598. The molecule has 9 nitrogen and oxygen atoms in total. The SMILES string of the molecule is COc1cc(O[C@H]2O[C@H](CO)[C@@H](O)[C@H](O)[C@H]2O)c2c(O)c(C(=O)C3CCCCC3)c(C3CCCC3)cc2c1. The first-order valence-electron chi connectivity index (χ1n) is 13.7. The van der Waals surface area contributed by atoms with Crippen LogP contribution in [0.5, 0.6) is 17.2 Å². The molecule has 1 heterocycles. The number of ether oxygens (including phenoxy) is 3. The number of phenolic OH excluding ortho intramolecular Hbond substituents is 1. The molecule has 5 rings (SSSR count). The van der Waals surface area contributed by atoms with Gasteiger partial charge >= 0.3 is 0 Å². The van der Waals surface area contributed by atoms with Gasteiger partial charge in [0.2, 0.25) is 6.29 Å². The number of rotatable bonds is 7. The maximum atomic E-state index is 13.9. The average Bonchev–Trinajstić information content (AvgIpc) is 3.48. The summed E-state index contributed by atoms with van der Waals surface area (Å²) >= 11 is 0. The number of aliphatic hydroxyl groups excluding tert-OH is 4. The van der Waals surface area contributed by atoms with Crippen molar-refractivity contribution >= 4 is 16.6 Å². The first-order valence-corrected chi connectivity index (χ1v) is 13.7. The van der Waals surface area contributed by atoms with Crippen LogP contribution >= 0.6 is 0 Å². The molecule has 0 unspecified atom stereocenters. The highest BCUT2D eigenvalue weighted by atomic mass is 16.7. The summed E-state index contributed by atoms with van der Waals surface area (Å²) in [7, 11) is 1.50. The molecule has 0 radical (unpaired) electrons. The highest BCUT2D eigenvalue weighted by Crippen LogP contribution is 2.47. The van der Waals surface area contributed by atoms with Gasteiger partial charge in [0, 0.05) is 12.0 Å². The van der Waals surface area contributed by atoms with E-state index in [1.54, 1.807) is 6.07 Å². The highest BCUT2D eigenvalue weighted by Gasteiger charge is 2.45. The van der Waals surface area contributed by atoms with Gasteiger partial charge in [0.1, 0.15) is 41.7 Å². The van der Waals surface area contributed by atoms with Crippen molar-refractivity contribution in [2.45, 2.75) is 94.4 Å². The van der Waals surface area contributed by atoms with Crippen molar-refractivity contribution in [3.8, 4) is 17.2 Å². The lowest BCUT2D eigenvalue weighted by Crippen LogP contribution is -2.60. The molecule has 2 aromatic carbocycles. The van der Waals surface area contributed by atoms with Gasteiger partial charge in [-0.3, -0.25) is 4.79 Å². The fourth-order valence-corrected chi connectivity index (χ4v) is 6.37. The van der Waals surface area contributed by atoms with Crippen LogP contribution in [0.2, 0.25) is 0 Å². The van der Waals surface area contributed by atoms with Crippen LogP contribution in [-0.4, -0.2) is 75.7 Å². The van der Waals surface area contributed by atoms with E-state index in [1.165, 1.54) is 13.2 Å². The lowest BCUT2D eigenvalue weighted by Gasteiger charge is -2.39. The quantitative estimate of drug-likeness (QED) is 0.341. The Bertz CT molecular complexity index is 1150. The molecule has 0 aromatic heterocycles. The predicted molar refractivity (Wildman–Crippen MR) is 139 cm³/mol. The van der Waals surface area contributed by atoms with Gasteiger partial charge in [-0.05, 0) is 54.7 Å². The van der Waals surface area contributed by atoms with E-state index >= 15 is 0 Å². The molecule has 38 heavy (non-hydrogen) atoms. The van der Waals surface area contributed by atoms with E-state index in [9.17, 15) is 30.3 Å². The fourth-order valence-electron chi connectivity index (χ4n) is 6.37. The minimum absolute atomic E-state index is 0.0411. The Morgan fingerprint density at radius 2 is 1.63 bits per heavy atom. The normalized spacial score (nSPS) is 29.0. The summed E-state index contributed by atoms with van der Waals surface area (Å²) in [6, 6.07) is 5.24. The monoisotopic (exact) mass is 530 g/mol.